The van der Waals surface area contributed by atoms with Crippen molar-refractivity contribution in [1.29, 1.82) is 0 Å². The van der Waals surface area contributed by atoms with Crippen LogP contribution in [0.15, 0.2) is 48.5 Å². The van der Waals surface area contributed by atoms with Crippen LogP contribution in [0.4, 0.5) is 11.4 Å². The van der Waals surface area contributed by atoms with E-state index in [1.807, 2.05) is 30.3 Å². The lowest BCUT2D eigenvalue weighted by Gasteiger charge is -2.31. The molecule has 2 amide bonds. The average molecular weight is 434 g/mol. The number of para-hydroxylation sites is 1. The van der Waals surface area contributed by atoms with E-state index in [-0.39, 0.29) is 30.1 Å². The van der Waals surface area contributed by atoms with E-state index in [9.17, 15) is 9.59 Å². The number of methoxy groups -OCH3 is 1. The Balaban J connectivity index is 0.00000320. The van der Waals surface area contributed by atoms with Crippen molar-refractivity contribution < 1.29 is 19.1 Å². The number of nitrogens with zero attached hydrogens (tertiary/aromatic N) is 1. The molecule has 2 aromatic carbocycles. The van der Waals surface area contributed by atoms with E-state index in [2.05, 4.69) is 5.32 Å². The van der Waals surface area contributed by atoms with Crippen LogP contribution >= 0.6 is 12.4 Å². The van der Waals surface area contributed by atoms with Gasteiger partial charge in [-0.3, -0.25) is 9.59 Å². The van der Waals surface area contributed by atoms with E-state index >= 15 is 0 Å². The highest BCUT2D eigenvalue weighted by molar-refractivity contribution is 5.95. The Hall–Kier alpha value is -2.93. The molecule has 0 aliphatic carbocycles. The number of nitrogens with one attached hydrogen (secondary N) is 1. The molecule has 7 nitrogen and oxygen atoms in total. The van der Waals surface area contributed by atoms with Crippen LogP contribution in [-0.2, 0) is 9.59 Å². The zero-order valence-corrected chi connectivity index (χ0v) is 17.8. The largest absolute Gasteiger partial charge is 0.497 e. The molecule has 0 radical (unpaired) electrons. The fraction of sp³-hybridized carbons (Fsp3) is 0.364. The molecule has 0 unspecified atom stereocenters. The van der Waals surface area contributed by atoms with Crippen LogP contribution in [0, 0.1) is 5.92 Å². The number of nitrogens with two attached hydrogens (primary N) is 1. The fourth-order valence-electron chi connectivity index (χ4n) is 3.33. The summed E-state index contributed by atoms with van der Waals surface area (Å²) < 4.78 is 10.8. The van der Waals surface area contributed by atoms with Crippen LogP contribution in [0.3, 0.4) is 0 Å². The molecule has 3 rings (SSSR count). The number of benzene rings is 2. The Morgan fingerprint density at radius 2 is 1.80 bits per heavy atom. The van der Waals surface area contributed by atoms with Crippen LogP contribution < -0.4 is 20.5 Å². The van der Waals surface area contributed by atoms with Gasteiger partial charge in [-0.15, -0.1) is 12.4 Å². The van der Waals surface area contributed by atoms with E-state index in [4.69, 9.17) is 15.2 Å². The predicted octanol–water partition coefficient (Wildman–Crippen LogP) is 3.35. The zero-order chi connectivity index (χ0) is 20.6. The molecule has 2 aromatic rings. The summed E-state index contributed by atoms with van der Waals surface area (Å²) in [5.74, 6) is 1.21. The minimum atomic E-state index is -0.148. The summed E-state index contributed by atoms with van der Waals surface area (Å²) in [6.45, 7) is 1.48. The summed E-state index contributed by atoms with van der Waals surface area (Å²) >= 11 is 0. The first-order valence-electron chi connectivity index (χ1n) is 9.77. The second-order valence-corrected chi connectivity index (χ2v) is 7.01. The second kappa shape index (κ2) is 11.3. The first-order chi connectivity index (χ1) is 14.1. The third-order valence-corrected chi connectivity index (χ3v) is 5.06. The van der Waals surface area contributed by atoms with Gasteiger partial charge >= 0.3 is 0 Å². The Labute approximate surface area is 182 Å². The Morgan fingerprint density at radius 3 is 2.47 bits per heavy atom. The minimum absolute atomic E-state index is 0. The zero-order valence-electron chi connectivity index (χ0n) is 17.0. The van der Waals surface area contributed by atoms with Gasteiger partial charge in [0.15, 0.2) is 0 Å². The number of likely N-dealkylation sites (tertiary alicyclic amines) is 1. The average Bonchev–Trinajstić information content (AvgIpc) is 2.76. The molecule has 1 saturated heterocycles. The van der Waals surface area contributed by atoms with Gasteiger partial charge in [0.25, 0.3) is 0 Å². The Morgan fingerprint density at radius 1 is 1.10 bits per heavy atom. The lowest BCUT2D eigenvalue weighted by atomic mass is 9.95. The number of hydrogen-bond donors (Lipinski definition) is 2. The maximum Gasteiger partial charge on any atom is 0.227 e. The van der Waals surface area contributed by atoms with Crippen LogP contribution in [0.5, 0.6) is 11.5 Å². The first-order valence-corrected chi connectivity index (χ1v) is 9.77. The molecule has 8 heteroatoms. The minimum Gasteiger partial charge on any atom is -0.497 e. The summed E-state index contributed by atoms with van der Waals surface area (Å²) in [5.41, 5.74) is 6.98. The number of piperidine rings is 1. The molecular formula is C22H28ClN3O4. The highest BCUT2D eigenvalue weighted by Crippen LogP contribution is 2.26. The van der Waals surface area contributed by atoms with E-state index in [0.29, 0.717) is 56.1 Å². The first kappa shape index (κ1) is 23.3. The maximum absolute atomic E-state index is 12.6. The van der Waals surface area contributed by atoms with Crippen molar-refractivity contribution in [1.82, 2.24) is 4.90 Å². The van der Waals surface area contributed by atoms with E-state index < -0.39 is 0 Å². The van der Waals surface area contributed by atoms with Gasteiger partial charge in [-0.25, -0.2) is 0 Å². The number of ether oxygens (including phenoxy) is 2. The maximum atomic E-state index is 12.6. The fourth-order valence-corrected chi connectivity index (χ4v) is 3.33. The van der Waals surface area contributed by atoms with Gasteiger partial charge in [-0.05, 0) is 37.1 Å². The molecule has 0 atom stereocenters. The number of nitrogen functional groups attached to an aromatic ring is 1. The van der Waals surface area contributed by atoms with E-state index in [0.717, 1.165) is 5.75 Å². The molecule has 0 aromatic heterocycles. The molecule has 0 bridgehead atoms. The SMILES string of the molecule is COc1ccc(N)c(NC(=O)C2CCN(C(=O)CCOc3ccccc3)CC2)c1.Cl. The van der Waals surface area contributed by atoms with Gasteiger partial charge < -0.3 is 25.4 Å². The second-order valence-electron chi connectivity index (χ2n) is 7.01. The van der Waals surface area contributed by atoms with Crippen molar-refractivity contribution in [2.24, 2.45) is 5.92 Å². The Kier molecular flexibility index (Phi) is 8.80. The highest BCUT2D eigenvalue weighted by atomic mass is 35.5. The predicted molar refractivity (Wildman–Crippen MR) is 119 cm³/mol. The number of carbonyl (C=O) groups excluding carboxylic acids is 2. The van der Waals surface area contributed by atoms with Crippen molar-refractivity contribution in [3.8, 4) is 11.5 Å². The van der Waals surface area contributed by atoms with Crippen molar-refractivity contribution in [2.75, 3.05) is 37.9 Å². The van der Waals surface area contributed by atoms with Gasteiger partial charge in [0.2, 0.25) is 11.8 Å². The normalized spacial score (nSPS) is 13.8. The van der Waals surface area contributed by atoms with Gasteiger partial charge in [0.1, 0.15) is 11.5 Å². The summed E-state index contributed by atoms with van der Waals surface area (Å²) in [6.07, 6.45) is 1.58. The molecular weight excluding hydrogens is 406 g/mol. The van der Waals surface area contributed by atoms with Gasteiger partial charge in [-0.1, -0.05) is 18.2 Å². The number of amides is 2. The van der Waals surface area contributed by atoms with Gasteiger partial charge in [-0.2, -0.15) is 0 Å². The number of carbonyl (C=O) groups is 2. The highest BCUT2D eigenvalue weighted by Gasteiger charge is 2.27. The van der Waals surface area contributed by atoms with Gasteiger partial charge in [0, 0.05) is 25.1 Å². The summed E-state index contributed by atoms with van der Waals surface area (Å²) in [5, 5.41) is 2.88. The van der Waals surface area contributed by atoms with Crippen LogP contribution in [0.2, 0.25) is 0 Å². The van der Waals surface area contributed by atoms with Crippen LogP contribution in [0.25, 0.3) is 0 Å². The molecule has 30 heavy (non-hydrogen) atoms. The molecule has 0 saturated carbocycles. The molecule has 1 fully saturated rings. The number of rotatable bonds is 7. The van der Waals surface area contributed by atoms with Crippen molar-refractivity contribution in [3.05, 3.63) is 48.5 Å². The monoisotopic (exact) mass is 433 g/mol. The van der Waals surface area contributed by atoms with Crippen molar-refractivity contribution >= 4 is 35.6 Å². The van der Waals surface area contributed by atoms with Crippen molar-refractivity contribution in [3.63, 3.8) is 0 Å². The Bertz CT molecular complexity index is 840. The summed E-state index contributed by atoms with van der Waals surface area (Å²) in [7, 11) is 1.56. The number of halogens is 1. The molecule has 1 aliphatic rings. The standard InChI is InChI=1S/C22H27N3O4.ClH/c1-28-18-7-8-19(23)20(15-18)24-22(27)16-9-12-25(13-10-16)21(26)11-14-29-17-5-3-2-4-6-17;/h2-8,15-16H,9-14,23H2,1H3,(H,24,27);1H. The van der Waals surface area contributed by atoms with Crippen molar-refractivity contribution in [2.45, 2.75) is 19.3 Å². The molecule has 1 aliphatic heterocycles. The van der Waals surface area contributed by atoms with Crippen LogP contribution in [0.1, 0.15) is 19.3 Å². The number of anilines is 2. The molecule has 162 valence electrons. The van der Waals surface area contributed by atoms with Gasteiger partial charge in [0.05, 0.1) is 31.5 Å². The summed E-state index contributed by atoms with van der Waals surface area (Å²) in [6, 6.07) is 14.6. The topological polar surface area (TPSA) is 93.9 Å². The lowest BCUT2D eigenvalue weighted by Crippen LogP contribution is -2.41. The number of hydrogen-bond acceptors (Lipinski definition) is 5. The third kappa shape index (κ3) is 6.29. The third-order valence-electron chi connectivity index (χ3n) is 5.06. The van der Waals surface area contributed by atoms with E-state index in [1.54, 1.807) is 30.2 Å². The lowest BCUT2D eigenvalue weighted by molar-refractivity contribution is -0.135. The quantitative estimate of drug-likeness (QED) is 0.653. The molecule has 3 N–H and O–H groups in total. The molecule has 0 spiro atoms. The molecule has 1 heterocycles. The summed E-state index contributed by atoms with van der Waals surface area (Å²) in [4.78, 5) is 26.8. The smallest absolute Gasteiger partial charge is 0.227 e. The van der Waals surface area contributed by atoms with E-state index in [1.165, 1.54) is 0 Å². The van der Waals surface area contributed by atoms with Crippen LogP contribution in [-0.4, -0.2) is 43.5 Å².